The highest BCUT2D eigenvalue weighted by Crippen LogP contribution is 2.28. The van der Waals surface area contributed by atoms with Crippen molar-refractivity contribution in [3.05, 3.63) is 65.9 Å². The molecule has 8 nitrogen and oxygen atoms in total. The van der Waals surface area contributed by atoms with Gasteiger partial charge in [0.1, 0.15) is 11.8 Å². The Morgan fingerprint density at radius 3 is 2.50 bits per heavy atom. The van der Waals surface area contributed by atoms with Gasteiger partial charge in [-0.1, -0.05) is 62.6 Å². The van der Waals surface area contributed by atoms with Crippen LogP contribution in [0.25, 0.3) is 10.9 Å². The van der Waals surface area contributed by atoms with Gasteiger partial charge in [-0.25, -0.2) is 0 Å². The van der Waals surface area contributed by atoms with Gasteiger partial charge in [-0.05, 0) is 30.5 Å². The topological polar surface area (TPSA) is 89.7 Å². The van der Waals surface area contributed by atoms with Gasteiger partial charge in [0.05, 0.1) is 13.7 Å². The summed E-state index contributed by atoms with van der Waals surface area (Å²) in [4.78, 5) is 35.1. The molecule has 2 aromatic carbocycles. The number of nitrogens with one attached hydrogen (secondary N) is 3. The summed E-state index contributed by atoms with van der Waals surface area (Å²) in [5.74, 6) is 0.163. The smallest absolute Gasteiger partial charge is 0.243 e. The zero-order valence-corrected chi connectivity index (χ0v) is 23.8. The maximum atomic E-state index is 13.6. The summed E-state index contributed by atoms with van der Waals surface area (Å²) >= 11 is 0. The molecule has 2 aliphatic rings. The van der Waals surface area contributed by atoms with Crippen LogP contribution in [0.5, 0.6) is 5.75 Å². The summed E-state index contributed by atoms with van der Waals surface area (Å²) in [6, 6.07) is 15.7. The lowest BCUT2D eigenvalue weighted by molar-refractivity contribution is -0.130. The number of hydrogen-bond acceptors (Lipinski definition) is 5. The van der Waals surface area contributed by atoms with Crippen LogP contribution in [0.15, 0.2) is 54.7 Å². The van der Waals surface area contributed by atoms with E-state index in [1.807, 2.05) is 55.6 Å². The van der Waals surface area contributed by atoms with Gasteiger partial charge in [0.15, 0.2) is 0 Å². The number of piperazine rings is 1. The number of ether oxygens (including phenoxy) is 1. The Labute approximate surface area is 237 Å². The summed E-state index contributed by atoms with van der Waals surface area (Å²) in [7, 11) is 1.62. The van der Waals surface area contributed by atoms with Crippen LogP contribution in [0.4, 0.5) is 0 Å². The van der Waals surface area contributed by atoms with Crippen molar-refractivity contribution in [2.75, 3.05) is 39.8 Å². The SMILES string of the molecule is COc1ccccc1CNC(=O)C(NC(=O)CN1CCN(C2CCCCC2)CC1)C(C)c1c[nH]c2ccccc12. The number of amides is 2. The van der Waals surface area contributed by atoms with E-state index in [1.165, 1.54) is 32.1 Å². The van der Waals surface area contributed by atoms with Crippen LogP contribution >= 0.6 is 0 Å². The van der Waals surface area contributed by atoms with Gasteiger partial charge in [0.25, 0.3) is 0 Å². The third-order valence-corrected chi connectivity index (χ3v) is 8.72. The first-order valence-corrected chi connectivity index (χ1v) is 14.7. The number of carbonyl (C=O) groups excluding carboxylic acids is 2. The second kappa shape index (κ2) is 13.3. The molecule has 8 heteroatoms. The molecule has 3 aromatic rings. The molecule has 2 atom stereocenters. The number of aromatic amines is 1. The second-order valence-corrected chi connectivity index (χ2v) is 11.3. The predicted octanol–water partition coefficient (Wildman–Crippen LogP) is 4.03. The van der Waals surface area contributed by atoms with Crippen LogP contribution in [-0.4, -0.2) is 78.5 Å². The highest BCUT2D eigenvalue weighted by Gasteiger charge is 2.31. The number of para-hydroxylation sites is 2. The van der Waals surface area contributed by atoms with Crippen molar-refractivity contribution in [2.24, 2.45) is 0 Å². The van der Waals surface area contributed by atoms with E-state index in [2.05, 4.69) is 31.5 Å². The summed E-state index contributed by atoms with van der Waals surface area (Å²) in [5, 5.41) is 7.22. The van der Waals surface area contributed by atoms with Crippen LogP contribution in [0.2, 0.25) is 0 Å². The van der Waals surface area contributed by atoms with Gasteiger partial charge < -0.3 is 20.4 Å². The van der Waals surface area contributed by atoms with Crippen molar-refractivity contribution in [3.63, 3.8) is 0 Å². The molecule has 1 aromatic heterocycles. The molecule has 1 aliphatic heterocycles. The van der Waals surface area contributed by atoms with Crippen molar-refractivity contribution in [3.8, 4) is 5.75 Å². The standard InChI is InChI=1S/C32H43N5O3/c1-23(27-21-33-28-14-8-7-13-26(27)28)31(32(39)34-20-24-10-6-9-15-29(24)40-2)35-30(38)22-36-16-18-37(19-17-36)25-11-4-3-5-12-25/h6-10,13-15,21,23,25,31,33H,3-5,11-12,16-20,22H2,1-2H3,(H,34,39)(H,35,38). The molecule has 2 heterocycles. The molecular formula is C32H43N5O3. The molecule has 1 saturated heterocycles. The molecule has 0 bridgehead atoms. The fourth-order valence-corrected chi connectivity index (χ4v) is 6.36. The zero-order valence-electron chi connectivity index (χ0n) is 23.8. The molecule has 1 aliphatic carbocycles. The third-order valence-electron chi connectivity index (χ3n) is 8.72. The van der Waals surface area contributed by atoms with E-state index in [1.54, 1.807) is 7.11 Å². The Hall–Kier alpha value is -3.36. The maximum Gasteiger partial charge on any atom is 0.243 e. The number of aromatic nitrogens is 1. The van der Waals surface area contributed by atoms with E-state index in [-0.39, 0.29) is 17.7 Å². The zero-order chi connectivity index (χ0) is 27.9. The second-order valence-electron chi connectivity index (χ2n) is 11.3. The molecule has 5 rings (SSSR count). The van der Waals surface area contributed by atoms with Gasteiger partial charge in [-0.3, -0.25) is 19.4 Å². The average molecular weight is 546 g/mol. The van der Waals surface area contributed by atoms with Crippen molar-refractivity contribution >= 4 is 22.7 Å². The predicted molar refractivity (Wildman–Crippen MR) is 158 cm³/mol. The molecule has 1 saturated carbocycles. The van der Waals surface area contributed by atoms with Crippen LogP contribution < -0.4 is 15.4 Å². The average Bonchev–Trinajstić information content (AvgIpc) is 3.43. The summed E-state index contributed by atoms with van der Waals surface area (Å²) in [5.41, 5.74) is 2.91. The Morgan fingerprint density at radius 1 is 1.00 bits per heavy atom. The first-order valence-electron chi connectivity index (χ1n) is 14.7. The number of hydrogen-bond donors (Lipinski definition) is 3. The lowest BCUT2D eigenvalue weighted by Gasteiger charge is -2.40. The summed E-state index contributed by atoms with van der Waals surface area (Å²) < 4.78 is 5.45. The number of carbonyl (C=O) groups is 2. The minimum absolute atomic E-state index is 0.116. The summed E-state index contributed by atoms with van der Waals surface area (Å²) in [6.07, 6.45) is 8.59. The minimum atomic E-state index is -0.718. The number of benzene rings is 2. The number of methoxy groups -OCH3 is 1. The van der Waals surface area contributed by atoms with Crippen molar-refractivity contribution in [1.82, 2.24) is 25.4 Å². The molecule has 40 heavy (non-hydrogen) atoms. The van der Waals surface area contributed by atoms with E-state index < -0.39 is 6.04 Å². The van der Waals surface area contributed by atoms with Gasteiger partial charge in [0, 0.05) is 67.3 Å². The van der Waals surface area contributed by atoms with Gasteiger partial charge in [-0.2, -0.15) is 0 Å². The van der Waals surface area contributed by atoms with Crippen LogP contribution in [0, 0.1) is 0 Å². The van der Waals surface area contributed by atoms with E-state index in [4.69, 9.17) is 4.74 Å². The Morgan fingerprint density at radius 2 is 1.73 bits per heavy atom. The highest BCUT2D eigenvalue weighted by molar-refractivity contribution is 5.91. The molecule has 2 amide bonds. The Balaban J connectivity index is 1.25. The maximum absolute atomic E-state index is 13.6. The number of nitrogens with zero attached hydrogens (tertiary/aromatic N) is 2. The molecule has 0 spiro atoms. The van der Waals surface area contributed by atoms with Gasteiger partial charge in [-0.15, -0.1) is 0 Å². The van der Waals surface area contributed by atoms with Crippen LogP contribution in [-0.2, 0) is 16.1 Å². The molecule has 0 radical (unpaired) electrons. The number of fused-ring (bicyclic) bond motifs is 1. The van der Waals surface area contributed by atoms with Gasteiger partial charge in [0.2, 0.25) is 11.8 Å². The van der Waals surface area contributed by atoms with Crippen molar-refractivity contribution in [2.45, 2.75) is 63.6 Å². The monoisotopic (exact) mass is 545 g/mol. The first-order chi connectivity index (χ1) is 19.5. The molecule has 2 unspecified atom stereocenters. The normalized spacial score (nSPS) is 18.8. The fourth-order valence-electron chi connectivity index (χ4n) is 6.36. The van der Waals surface area contributed by atoms with Crippen molar-refractivity contribution < 1.29 is 14.3 Å². The Bertz CT molecular complexity index is 1280. The minimum Gasteiger partial charge on any atom is -0.496 e. The lowest BCUT2D eigenvalue weighted by atomic mass is 9.92. The highest BCUT2D eigenvalue weighted by atomic mass is 16.5. The van der Waals surface area contributed by atoms with E-state index in [0.29, 0.717) is 19.1 Å². The number of rotatable bonds is 10. The van der Waals surface area contributed by atoms with Crippen LogP contribution in [0.1, 0.15) is 56.1 Å². The summed E-state index contributed by atoms with van der Waals surface area (Å²) in [6.45, 7) is 6.40. The Kier molecular flexibility index (Phi) is 9.39. The van der Waals surface area contributed by atoms with Crippen molar-refractivity contribution in [1.29, 1.82) is 0 Å². The van der Waals surface area contributed by atoms with Crippen LogP contribution in [0.3, 0.4) is 0 Å². The van der Waals surface area contributed by atoms with E-state index in [9.17, 15) is 9.59 Å². The molecule has 214 valence electrons. The molecular weight excluding hydrogens is 502 g/mol. The van der Waals surface area contributed by atoms with E-state index >= 15 is 0 Å². The fraction of sp³-hybridized carbons (Fsp3) is 0.500. The van der Waals surface area contributed by atoms with Gasteiger partial charge >= 0.3 is 0 Å². The quantitative estimate of drug-likeness (QED) is 0.358. The molecule has 2 fully saturated rings. The molecule has 3 N–H and O–H groups in total. The first kappa shape index (κ1) is 28.2. The number of H-pyrrole nitrogens is 1. The largest absolute Gasteiger partial charge is 0.496 e. The van der Waals surface area contributed by atoms with E-state index in [0.717, 1.165) is 54.0 Å². The lowest BCUT2D eigenvalue weighted by Crippen LogP contribution is -2.55. The third kappa shape index (κ3) is 6.67.